The smallest absolute Gasteiger partial charge is 0.303 e. The van der Waals surface area contributed by atoms with E-state index in [-0.39, 0.29) is 30.9 Å². The molecule has 1 amide bonds. The number of carbonyl (C=O) groups is 2. The van der Waals surface area contributed by atoms with Gasteiger partial charge >= 0.3 is 5.97 Å². The highest BCUT2D eigenvalue weighted by atomic mass is 16.5. The van der Waals surface area contributed by atoms with Crippen molar-refractivity contribution in [1.82, 2.24) is 5.32 Å². The molecule has 1 saturated heterocycles. The van der Waals surface area contributed by atoms with E-state index >= 15 is 0 Å². The van der Waals surface area contributed by atoms with Gasteiger partial charge in [-0.2, -0.15) is 0 Å². The van der Waals surface area contributed by atoms with Crippen LogP contribution in [0.15, 0.2) is 0 Å². The summed E-state index contributed by atoms with van der Waals surface area (Å²) in [7, 11) is 0. The third-order valence-corrected chi connectivity index (χ3v) is 2.42. The lowest BCUT2D eigenvalue weighted by molar-refractivity contribution is -0.139. The van der Waals surface area contributed by atoms with Gasteiger partial charge in [-0.25, -0.2) is 0 Å². The molecule has 0 aromatic heterocycles. The number of nitrogens with one attached hydrogen (secondary N) is 1. The van der Waals surface area contributed by atoms with Gasteiger partial charge in [0.2, 0.25) is 5.91 Å². The van der Waals surface area contributed by atoms with Crippen LogP contribution in [0, 0.1) is 0 Å². The average Bonchev–Trinajstić information content (AvgIpc) is 2.15. The highest BCUT2D eigenvalue weighted by Crippen LogP contribution is 2.13. The van der Waals surface area contributed by atoms with Crippen LogP contribution >= 0.6 is 0 Å². The van der Waals surface area contributed by atoms with Crippen LogP contribution in [0.4, 0.5) is 0 Å². The molecule has 1 aliphatic heterocycles. The molecule has 1 heterocycles. The maximum absolute atomic E-state index is 11.3. The van der Waals surface area contributed by atoms with Crippen LogP contribution in [-0.2, 0) is 14.3 Å². The standard InChI is InChI=1S/C10H17NO4/c1-7-6-8(4-5-15-7)11-9(12)2-3-10(13)14/h7-8H,2-6H2,1H3,(H,11,12)(H,13,14). The van der Waals surface area contributed by atoms with Crippen molar-refractivity contribution < 1.29 is 19.4 Å². The van der Waals surface area contributed by atoms with Gasteiger partial charge in [0.25, 0.3) is 0 Å². The first-order valence-electron chi connectivity index (χ1n) is 5.20. The van der Waals surface area contributed by atoms with Gasteiger partial charge in [-0.05, 0) is 19.8 Å². The van der Waals surface area contributed by atoms with Gasteiger partial charge in [0.15, 0.2) is 0 Å². The molecule has 15 heavy (non-hydrogen) atoms. The summed E-state index contributed by atoms with van der Waals surface area (Å²) in [5, 5.41) is 11.2. The van der Waals surface area contributed by atoms with Crippen LogP contribution in [-0.4, -0.2) is 35.7 Å². The molecular formula is C10H17NO4. The van der Waals surface area contributed by atoms with Gasteiger partial charge in [-0.1, -0.05) is 0 Å². The number of aliphatic carboxylic acids is 1. The van der Waals surface area contributed by atoms with E-state index in [2.05, 4.69) is 5.32 Å². The summed E-state index contributed by atoms with van der Waals surface area (Å²) in [6.07, 6.45) is 1.73. The number of hydrogen-bond acceptors (Lipinski definition) is 3. The molecule has 0 aliphatic carbocycles. The summed E-state index contributed by atoms with van der Waals surface area (Å²) in [4.78, 5) is 21.6. The molecule has 0 radical (unpaired) electrons. The van der Waals surface area contributed by atoms with Crippen LogP contribution in [0.25, 0.3) is 0 Å². The van der Waals surface area contributed by atoms with Gasteiger partial charge in [-0.15, -0.1) is 0 Å². The highest BCUT2D eigenvalue weighted by molar-refractivity contribution is 5.80. The minimum atomic E-state index is -0.939. The topological polar surface area (TPSA) is 75.6 Å². The predicted octanol–water partition coefficient (Wildman–Crippen LogP) is 0.535. The largest absolute Gasteiger partial charge is 0.481 e. The van der Waals surface area contributed by atoms with E-state index in [0.717, 1.165) is 12.8 Å². The SMILES string of the molecule is CC1CC(NC(=O)CCC(=O)O)CCO1. The zero-order chi connectivity index (χ0) is 11.3. The molecule has 5 nitrogen and oxygen atoms in total. The Hall–Kier alpha value is -1.10. The lowest BCUT2D eigenvalue weighted by Crippen LogP contribution is -2.41. The first-order chi connectivity index (χ1) is 7.08. The summed E-state index contributed by atoms with van der Waals surface area (Å²) >= 11 is 0. The Bertz CT molecular complexity index is 242. The molecular weight excluding hydrogens is 198 g/mol. The number of ether oxygens (including phenoxy) is 1. The maximum Gasteiger partial charge on any atom is 0.303 e. The molecule has 2 unspecified atom stereocenters. The Kier molecular flexibility index (Phi) is 4.55. The monoisotopic (exact) mass is 215 g/mol. The summed E-state index contributed by atoms with van der Waals surface area (Å²) in [5.41, 5.74) is 0. The van der Waals surface area contributed by atoms with Crippen molar-refractivity contribution in [2.45, 2.75) is 44.8 Å². The first-order valence-corrected chi connectivity index (χ1v) is 5.20. The Morgan fingerprint density at radius 1 is 1.47 bits per heavy atom. The normalized spacial score (nSPS) is 25.9. The summed E-state index contributed by atoms with van der Waals surface area (Å²) in [6.45, 7) is 2.63. The van der Waals surface area contributed by atoms with Crippen molar-refractivity contribution in [2.75, 3.05) is 6.61 Å². The third kappa shape index (κ3) is 4.78. The summed E-state index contributed by atoms with van der Waals surface area (Å²) in [6, 6.07) is 0.134. The lowest BCUT2D eigenvalue weighted by Gasteiger charge is -2.27. The van der Waals surface area contributed by atoms with E-state index in [4.69, 9.17) is 9.84 Å². The van der Waals surface area contributed by atoms with Crippen molar-refractivity contribution in [3.63, 3.8) is 0 Å². The van der Waals surface area contributed by atoms with Gasteiger partial charge in [0.05, 0.1) is 12.5 Å². The van der Waals surface area contributed by atoms with Crippen molar-refractivity contribution >= 4 is 11.9 Å². The number of carbonyl (C=O) groups excluding carboxylic acids is 1. The first kappa shape index (κ1) is 12.0. The van der Waals surface area contributed by atoms with Crippen molar-refractivity contribution in [3.8, 4) is 0 Å². The minimum absolute atomic E-state index is 0.0566. The zero-order valence-electron chi connectivity index (χ0n) is 8.86. The Balaban J connectivity index is 2.22. The molecule has 1 rings (SSSR count). The minimum Gasteiger partial charge on any atom is -0.481 e. The molecule has 0 saturated carbocycles. The van der Waals surface area contributed by atoms with Crippen LogP contribution in [0.2, 0.25) is 0 Å². The lowest BCUT2D eigenvalue weighted by atomic mass is 10.0. The van der Waals surface area contributed by atoms with E-state index in [1.54, 1.807) is 0 Å². The van der Waals surface area contributed by atoms with Gasteiger partial charge in [0, 0.05) is 19.1 Å². The molecule has 2 atom stereocenters. The van der Waals surface area contributed by atoms with Gasteiger partial charge in [0.1, 0.15) is 0 Å². The molecule has 1 aliphatic rings. The maximum atomic E-state index is 11.3. The molecule has 2 N–H and O–H groups in total. The van der Waals surface area contributed by atoms with Crippen LogP contribution in [0.3, 0.4) is 0 Å². The summed E-state index contributed by atoms with van der Waals surface area (Å²) in [5.74, 6) is -1.12. The molecule has 0 aromatic rings. The predicted molar refractivity (Wildman–Crippen MR) is 53.4 cm³/mol. The van der Waals surface area contributed by atoms with E-state index < -0.39 is 5.97 Å². The second-order valence-electron chi connectivity index (χ2n) is 3.86. The number of amides is 1. The van der Waals surface area contributed by atoms with Gasteiger partial charge < -0.3 is 15.2 Å². The zero-order valence-corrected chi connectivity index (χ0v) is 8.86. The molecule has 86 valence electrons. The van der Waals surface area contributed by atoms with Crippen LogP contribution in [0.1, 0.15) is 32.6 Å². The van der Waals surface area contributed by atoms with Crippen molar-refractivity contribution in [1.29, 1.82) is 0 Å². The highest BCUT2D eigenvalue weighted by Gasteiger charge is 2.20. The fourth-order valence-electron chi connectivity index (χ4n) is 1.65. The fourth-order valence-corrected chi connectivity index (χ4v) is 1.65. The van der Waals surface area contributed by atoms with E-state index in [9.17, 15) is 9.59 Å². The number of carboxylic acid groups (broad SMARTS) is 1. The number of carboxylic acids is 1. The fraction of sp³-hybridized carbons (Fsp3) is 0.800. The molecule has 0 spiro atoms. The molecule has 1 fully saturated rings. The van der Waals surface area contributed by atoms with Crippen molar-refractivity contribution in [3.05, 3.63) is 0 Å². The second-order valence-corrected chi connectivity index (χ2v) is 3.86. The molecule has 5 heteroatoms. The van der Waals surface area contributed by atoms with Crippen LogP contribution in [0.5, 0.6) is 0 Å². The third-order valence-electron chi connectivity index (χ3n) is 2.42. The van der Waals surface area contributed by atoms with Gasteiger partial charge in [-0.3, -0.25) is 9.59 Å². The average molecular weight is 215 g/mol. The second kappa shape index (κ2) is 5.70. The molecule has 0 aromatic carbocycles. The Morgan fingerprint density at radius 3 is 2.80 bits per heavy atom. The molecule has 0 bridgehead atoms. The quantitative estimate of drug-likeness (QED) is 0.717. The van der Waals surface area contributed by atoms with E-state index in [1.807, 2.05) is 6.92 Å². The number of hydrogen-bond donors (Lipinski definition) is 2. The van der Waals surface area contributed by atoms with E-state index in [0.29, 0.717) is 6.61 Å². The number of rotatable bonds is 4. The Morgan fingerprint density at radius 2 is 2.20 bits per heavy atom. The summed E-state index contributed by atoms with van der Waals surface area (Å²) < 4.78 is 5.34. The van der Waals surface area contributed by atoms with Crippen LogP contribution < -0.4 is 5.32 Å². The van der Waals surface area contributed by atoms with Crippen molar-refractivity contribution in [2.24, 2.45) is 0 Å². The van der Waals surface area contributed by atoms with E-state index in [1.165, 1.54) is 0 Å². The Labute approximate surface area is 88.8 Å².